The van der Waals surface area contributed by atoms with Gasteiger partial charge < -0.3 is 5.73 Å². The zero-order valence-electron chi connectivity index (χ0n) is 11.6. The molecular formula is C13H19Cl3N2O2S. The van der Waals surface area contributed by atoms with E-state index in [9.17, 15) is 8.42 Å². The Labute approximate surface area is 142 Å². The number of sulfonamides is 1. The first-order valence-electron chi connectivity index (χ1n) is 6.53. The Morgan fingerprint density at radius 1 is 1.29 bits per heavy atom. The first-order chi connectivity index (χ1) is 9.32. The van der Waals surface area contributed by atoms with Gasteiger partial charge in [0.1, 0.15) is 4.90 Å². The number of nitrogens with two attached hydrogens (primary N) is 1. The van der Waals surface area contributed by atoms with Crippen molar-refractivity contribution in [2.45, 2.75) is 30.7 Å². The van der Waals surface area contributed by atoms with Crippen LogP contribution in [0.5, 0.6) is 0 Å². The van der Waals surface area contributed by atoms with Gasteiger partial charge in [-0.2, -0.15) is 4.31 Å². The molecule has 2 N–H and O–H groups in total. The molecule has 1 atom stereocenters. The van der Waals surface area contributed by atoms with Gasteiger partial charge in [-0.05, 0) is 43.9 Å². The fourth-order valence-corrected chi connectivity index (χ4v) is 4.66. The van der Waals surface area contributed by atoms with Crippen LogP contribution in [-0.4, -0.2) is 31.9 Å². The van der Waals surface area contributed by atoms with Crippen LogP contribution in [0.1, 0.15) is 19.8 Å². The Morgan fingerprint density at radius 3 is 2.38 bits per heavy atom. The average Bonchev–Trinajstić information content (AvgIpc) is 2.41. The Bertz CT molecular complexity index is 585. The number of nitrogens with zero attached hydrogens (tertiary/aromatic N) is 1. The molecule has 1 aromatic carbocycles. The van der Waals surface area contributed by atoms with Gasteiger partial charge in [0.25, 0.3) is 0 Å². The zero-order valence-corrected chi connectivity index (χ0v) is 14.8. The molecule has 1 heterocycles. The molecule has 0 bridgehead atoms. The number of hydrogen-bond acceptors (Lipinski definition) is 3. The second-order valence-corrected chi connectivity index (χ2v) is 7.93. The molecule has 1 aliphatic rings. The highest BCUT2D eigenvalue weighted by Crippen LogP contribution is 2.30. The second-order valence-electron chi connectivity index (χ2n) is 5.18. The van der Waals surface area contributed by atoms with Crippen LogP contribution < -0.4 is 5.73 Å². The van der Waals surface area contributed by atoms with Crippen LogP contribution in [0.4, 0.5) is 0 Å². The lowest BCUT2D eigenvalue weighted by atomic mass is 9.92. The summed E-state index contributed by atoms with van der Waals surface area (Å²) in [5.41, 5.74) is 5.87. The van der Waals surface area contributed by atoms with Gasteiger partial charge in [-0.3, -0.25) is 0 Å². The summed E-state index contributed by atoms with van der Waals surface area (Å²) in [5, 5.41) is 0.558. The summed E-state index contributed by atoms with van der Waals surface area (Å²) >= 11 is 11.9. The molecule has 4 nitrogen and oxygen atoms in total. The van der Waals surface area contributed by atoms with Crippen molar-refractivity contribution in [2.24, 2.45) is 11.7 Å². The van der Waals surface area contributed by atoms with Gasteiger partial charge in [-0.1, -0.05) is 23.2 Å². The van der Waals surface area contributed by atoms with E-state index in [1.165, 1.54) is 16.4 Å². The smallest absolute Gasteiger partial charge is 0.244 e. The largest absolute Gasteiger partial charge is 0.328 e. The molecule has 0 spiro atoms. The standard InChI is InChI=1S/C13H18Cl2N2O2S.ClH/c1-9(16)10-4-6-17(7-5-10)20(18,19)13-8-11(14)2-3-12(13)15;/h2-3,8-10H,4-7,16H2,1H3;1H. The summed E-state index contributed by atoms with van der Waals surface area (Å²) in [6.45, 7) is 2.90. The van der Waals surface area contributed by atoms with Crippen molar-refractivity contribution in [1.82, 2.24) is 4.31 Å². The molecule has 0 aliphatic carbocycles. The van der Waals surface area contributed by atoms with Crippen LogP contribution >= 0.6 is 35.6 Å². The van der Waals surface area contributed by atoms with Crippen LogP contribution in [0, 0.1) is 5.92 Å². The maximum atomic E-state index is 12.6. The highest BCUT2D eigenvalue weighted by atomic mass is 35.5. The van der Waals surface area contributed by atoms with Crippen molar-refractivity contribution < 1.29 is 8.42 Å². The third-order valence-corrected chi connectivity index (χ3v) is 6.37. The van der Waals surface area contributed by atoms with Gasteiger partial charge in [0, 0.05) is 24.2 Å². The van der Waals surface area contributed by atoms with E-state index in [4.69, 9.17) is 28.9 Å². The third-order valence-electron chi connectivity index (χ3n) is 3.75. The Kier molecular flexibility index (Phi) is 6.78. The van der Waals surface area contributed by atoms with Gasteiger partial charge in [0.15, 0.2) is 0 Å². The first kappa shape index (κ1) is 19.0. The summed E-state index contributed by atoms with van der Waals surface area (Å²) in [6, 6.07) is 4.57. The maximum absolute atomic E-state index is 12.6. The second kappa shape index (κ2) is 7.49. The number of piperidine rings is 1. The van der Waals surface area contributed by atoms with E-state index in [1.807, 2.05) is 6.92 Å². The van der Waals surface area contributed by atoms with E-state index >= 15 is 0 Å². The Balaban J connectivity index is 0.00000220. The van der Waals surface area contributed by atoms with E-state index in [0.29, 0.717) is 24.0 Å². The lowest BCUT2D eigenvalue weighted by Crippen LogP contribution is -2.42. The molecule has 0 saturated carbocycles. The molecule has 1 saturated heterocycles. The monoisotopic (exact) mass is 372 g/mol. The topological polar surface area (TPSA) is 63.4 Å². The van der Waals surface area contributed by atoms with Crippen molar-refractivity contribution in [3.8, 4) is 0 Å². The zero-order chi connectivity index (χ0) is 14.9. The molecule has 0 amide bonds. The molecule has 1 unspecified atom stereocenters. The fourth-order valence-electron chi connectivity index (χ4n) is 2.46. The predicted molar refractivity (Wildman–Crippen MR) is 88.8 cm³/mol. The number of halogens is 3. The van der Waals surface area contributed by atoms with Crippen LogP contribution in [0.25, 0.3) is 0 Å². The molecule has 1 fully saturated rings. The summed E-state index contributed by atoms with van der Waals surface area (Å²) in [5.74, 6) is 0.372. The normalized spacial score (nSPS) is 19.0. The molecule has 21 heavy (non-hydrogen) atoms. The van der Waals surface area contributed by atoms with E-state index < -0.39 is 10.0 Å². The minimum Gasteiger partial charge on any atom is -0.328 e. The molecule has 120 valence electrons. The summed E-state index contributed by atoms with van der Waals surface area (Å²) in [7, 11) is -3.59. The SMILES string of the molecule is CC(N)C1CCN(S(=O)(=O)c2cc(Cl)ccc2Cl)CC1.Cl. The lowest BCUT2D eigenvalue weighted by molar-refractivity contribution is 0.251. The molecular weight excluding hydrogens is 355 g/mol. The van der Waals surface area contributed by atoms with Crippen LogP contribution in [0.2, 0.25) is 10.0 Å². The van der Waals surface area contributed by atoms with Gasteiger partial charge in [0.05, 0.1) is 5.02 Å². The molecule has 8 heteroatoms. The van der Waals surface area contributed by atoms with Crippen LogP contribution in [0.15, 0.2) is 23.1 Å². The molecule has 0 radical (unpaired) electrons. The van der Waals surface area contributed by atoms with Crippen molar-refractivity contribution >= 4 is 45.6 Å². The maximum Gasteiger partial charge on any atom is 0.244 e. The van der Waals surface area contributed by atoms with Gasteiger partial charge in [-0.25, -0.2) is 8.42 Å². The number of benzene rings is 1. The van der Waals surface area contributed by atoms with E-state index in [1.54, 1.807) is 6.07 Å². The molecule has 1 aromatic rings. The van der Waals surface area contributed by atoms with E-state index in [0.717, 1.165) is 12.8 Å². The molecule has 2 rings (SSSR count). The average molecular weight is 374 g/mol. The first-order valence-corrected chi connectivity index (χ1v) is 8.72. The summed E-state index contributed by atoms with van der Waals surface area (Å²) in [6.07, 6.45) is 1.55. The quantitative estimate of drug-likeness (QED) is 0.885. The predicted octanol–water partition coefficient (Wildman–Crippen LogP) is 3.16. The molecule has 0 aromatic heterocycles. The third kappa shape index (κ3) is 4.24. The van der Waals surface area contributed by atoms with Crippen molar-refractivity contribution in [1.29, 1.82) is 0 Å². The highest BCUT2D eigenvalue weighted by Gasteiger charge is 2.31. The lowest BCUT2D eigenvalue weighted by Gasteiger charge is -2.33. The molecule has 1 aliphatic heterocycles. The number of rotatable bonds is 3. The van der Waals surface area contributed by atoms with Crippen molar-refractivity contribution in [3.63, 3.8) is 0 Å². The van der Waals surface area contributed by atoms with Crippen molar-refractivity contribution in [3.05, 3.63) is 28.2 Å². The van der Waals surface area contributed by atoms with Gasteiger partial charge in [-0.15, -0.1) is 12.4 Å². The summed E-state index contributed by atoms with van der Waals surface area (Å²) in [4.78, 5) is 0.0749. The van der Waals surface area contributed by atoms with Crippen molar-refractivity contribution in [2.75, 3.05) is 13.1 Å². The summed E-state index contributed by atoms with van der Waals surface area (Å²) < 4.78 is 26.6. The fraction of sp³-hybridized carbons (Fsp3) is 0.538. The minimum atomic E-state index is -3.59. The minimum absolute atomic E-state index is 0. The Morgan fingerprint density at radius 2 is 1.86 bits per heavy atom. The van der Waals surface area contributed by atoms with Crippen LogP contribution in [0.3, 0.4) is 0 Å². The van der Waals surface area contributed by atoms with Gasteiger partial charge >= 0.3 is 0 Å². The highest BCUT2D eigenvalue weighted by molar-refractivity contribution is 7.89. The number of hydrogen-bond donors (Lipinski definition) is 1. The van der Waals surface area contributed by atoms with Crippen LogP contribution in [-0.2, 0) is 10.0 Å². The van der Waals surface area contributed by atoms with E-state index in [-0.39, 0.29) is 28.4 Å². The Hall–Kier alpha value is -0.0400. The van der Waals surface area contributed by atoms with Gasteiger partial charge in [0.2, 0.25) is 10.0 Å². The van der Waals surface area contributed by atoms with E-state index in [2.05, 4.69) is 0 Å².